The van der Waals surface area contributed by atoms with E-state index in [0.717, 1.165) is 16.7 Å². The summed E-state index contributed by atoms with van der Waals surface area (Å²) in [5.41, 5.74) is 2.96. The van der Waals surface area contributed by atoms with Crippen LogP contribution in [0.25, 0.3) is 0 Å². The lowest BCUT2D eigenvalue weighted by atomic mass is 9.93. The number of anilines is 1. The number of carboxylic acid groups (broad SMARTS) is 2. The molecule has 2 heterocycles. The van der Waals surface area contributed by atoms with Gasteiger partial charge in [0.1, 0.15) is 12.6 Å². The zero-order valence-corrected chi connectivity index (χ0v) is 13.4. The number of rotatable bonds is 6. The van der Waals surface area contributed by atoms with Crippen molar-refractivity contribution in [3.63, 3.8) is 0 Å². The number of hydrogen-bond acceptors (Lipinski definition) is 6. The van der Waals surface area contributed by atoms with Gasteiger partial charge in [0, 0.05) is 31.0 Å². The van der Waals surface area contributed by atoms with Crippen molar-refractivity contribution in [2.24, 2.45) is 0 Å². The van der Waals surface area contributed by atoms with Crippen LogP contribution < -0.4 is 5.32 Å². The lowest BCUT2D eigenvalue weighted by Crippen LogP contribution is -2.45. The van der Waals surface area contributed by atoms with Gasteiger partial charge in [-0.15, -0.1) is 0 Å². The molecule has 0 spiro atoms. The van der Waals surface area contributed by atoms with Gasteiger partial charge in [0.15, 0.2) is 0 Å². The van der Waals surface area contributed by atoms with Crippen molar-refractivity contribution in [1.29, 1.82) is 0 Å². The SMILES string of the molecule is O=C(O)CNc1ncc(CN2Cc3ccccc3C[C@H]2C(=O)O)cn1. The van der Waals surface area contributed by atoms with Crippen LogP contribution in [-0.4, -0.2) is 49.6 Å². The van der Waals surface area contributed by atoms with Gasteiger partial charge >= 0.3 is 11.9 Å². The predicted molar refractivity (Wildman–Crippen MR) is 89.0 cm³/mol. The van der Waals surface area contributed by atoms with Crippen LogP contribution in [0.5, 0.6) is 0 Å². The molecule has 0 unspecified atom stereocenters. The van der Waals surface area contributed by atoms with E-state index >= 15 is 0 Å². The average molecular weight is 342 g/mol. The summed E-state index contributed by atoms with van der Waals surface area (Å²) in [4.78, 5) is 32.2. The number of carboxylic acids is 2. The van der Waals surface area contributed by atoms with Crippen LogP contribution in [0, 0.1) is 0 Å². The fourth-order valence-corrected chi connectivity index (χ4v) is 2.90. The zero-order chi connectivity index (χ0) is 17.8. The Labute approximate surface area is 144 Å². The fourth-order valence-electron chi connectivity index (χ4n) is 2.90. The molecule has 3 rings (SSSR count). The number of benzene rings is 1. The van der Waals surface area contributed by atoms with Gasteiger partial charge in [-0.2, -0.15) is 0 Å². The average Bonchev–Trinajstić information content (AvgIpc) is 2.60. The summed E-state index contributed by atoms with van der Waals surface area (Å²) in [6.45, 7) is 0.694. The van der Waals surface area contributed by atoms with Gasteiger partial charge in [-0.05, 0) is 17.5 Å². The largest absolute Gasteiger partial charge is 0.480 e. The molecule has 1 aliphatic heterocycles. The monoisotopic (exact) mass is 342 g/mol. The number of fused-ring (bicyclic) bond motifs is 1. The first-order valence-corrected chi connectivity index (χ1v) is 7.83. The van der Waals surface area contributed by atoms with Crippen LogP contribution in [-0.2, 0) is 29.1 Å². The van der Waals surface area contributed by atoms with Crippen LogP contribution in [0.1, 0.15) is 16.7 Å². The van der Waals surface area contributed by atoms with Gasteiger partial charge in [0.05, 0.1) is 0 Å². The van der Waals surface area contributed by atoms with E-state index < -0.39 is 18.0 Å². The summed E-state index contributed by atoms with van der Waals surface area (Å²) in [5, 5.41) is 20.8. The predicted octanol–water partition coefficient (Wildman–Crippen LogP) is 0.985. The maximum Gasteiger partial charge on any atom is 0.322 e. The third kappa shape index (κ3) is 4.10. The van der Waals surface area contributed by atoms with Crippen LogP contribution in [0.4, 0.5) is 5.95 Å². The summed E-state index contributed by atoms with van der Waals surface area (Å²) in [7, 11) is 0. The van der Waals surface area contributed by atoms with Gasteiger partial charge in [0.25, 0.3) is 0 Å². The Bertz CT molecular complexity index is 778. The molecule has 2 aromatic rings. The Balaban J connectivity index is 1.72. The number of carbonyl (C=O) groups is 2. The Morgan fingerprint density at radius 2 is 1.84 bits per heavy atom. The topological polar surface area (TPSA) is 116 Å². The number of nitrogens with one attached hydrogen (secondary N) is 1. The molecule has 8 nitrogen and oxygen atoms in total. The van der Waals surface area contributed by atoms with Crippen molar-refractivity contribution in [2.75, 3.05) is 11.9 Å². The van der Waals surface area contributed by atoms with Crippen molar-refractivity contribution < 1.29 is 19.8 Å². The molecule has 1 aliphatic rings. The molecule has 0 bridgehead atoms. The first-order chi connectivity index (χ1) is 12.0. The van der Waals surface area contributed by atoms with E-state index in [1.807, 2.05) is 29.2 Å². The minimum Gasteiger partial charge on any atom is -0.480 e. The van der Waals surface area contributed by atoms with Gasteiger partial charge in [-0.3, -0.25) is 14.5 Å². The molecule has 0 fully saturated rings. The summed E-state index contributed by atoms with van der Waals surface area (Å²) in [6.07, 6.45) is 3.62. The van der Waals surface area contributed by atoms with Crippen LogP contribution >= 0.6 is 0 Å². The second-order valence-corrected chi connectivity index (χ2v) is 5.89. The molecule has 0 saturated heterocycles. The van der Waals surface area contributed by atoms with E-state index in [0.29, 0.717) is 19.5 Å². The Kier molecular flexibility index (Phi) is 4.90. The van der Waals surface area contributed by atoms with E-state index in [9.17, 15) is 14.7 Å². The number of aliphatic carboxylic acids is 2. The van der Waals surface area contributed by atoms with Crippen LogP contribution in [0.2, 0.25) is 0 Å². The third-order valence-corrected chi connectivity index (χ3v) is 4.12. The number of hydrogen-bond donors (Lipinski definition) is 3. The highest BCUT2D eigenvalue weighted by Crippen LogP contribution is 2.25. The second kappa shape index (κ2) is 7.27. The summed E-state index contributed by atoms with van der Waals surface area (Å²) >= 11 is 0. The maximum absolute atomic E-state index is 11.6. The first-order valence-electron chi connectivity index (χ1n) is 7.83. The molecule has 1 aromatic heterocycles. The number of aromatic nitrogens is 2. The van der Waals surface area contributed by atoms with Crippen LogP contribution in [0.3, 0.4) is 0 Å². The lowest BCUT2D eigenvalue weighted by molar-refractivity contribution is -0.144. The summed E-state index contributed by atoms with van der Waals surface area (Å²) in [6, 6.07) is 7.25. The molecule has 3 N–H and O–H groups in total. The molecule has 0 radical (unpaired) electrons. The molecule has 25 heavy (non-hydrogen) atoms. The Morgan fingerprint density at radius 1 is 1.16 bits per heavy atom. The first kappa shape index (κ1) is 16.8. The number of nitrogens with zero attached hydrogens (tertiary/aromatic N) is 3. The van der Waals surface area contributed by atoms with E-state index in [2.05, 4.69) is 15.3 Å². The standard InChI is InChI=1S/C17H18N4O4/c22-15(23)8-20-17-18-6-11(7-19-17)9-21-10-13-4-2-1-3-12(13)5-14(21)16(24)25/h1-4,6-7,14H,5,8-10H2,(H,22,23)(H,24,25)(H,18,19,20)/t14-/m0/s1. The molecule has 1 aromatic carbocycles. The molecule has 8 heteroatoms. The second-order valence-electron chi connectivity index (χ2n) is 5.89. The molecule has 0 aliphatic carbocycles. The molecule has 0 amide bonds. The molecule has 130 valence electrons. The zero-order valence-electron chi connectivity index (χ0n) is 13.4. The quantitative estimate of drug-likeness (QED) is 0.712. The third-order valence-electron chi connectivity index (χ3n) is 4.12. The van der Waals surface area contributed by atoms with E-state index in [-0.39, 0.29) is 12.5 Å². The molecule has 1 atom stereocenters. The minimum absolute atomic E-state index is 0.227. The summed E-state index contributed by atoms with van der Waals surface area (Å²) < 4.78 is 0. The smallest absolute Gasteiger partial charge is 0.322 e. The summed E-state index contributed by atoms with van der Waals surface area (Å²) in [5.74, 6) is -1.62. The van der Waals surface area contributed by atoms with Gasteiger partial charge in [0.2, 0.25) is 5.95 Å². The maximum atomic E-state index is 11.6. The van der Waals surface area contributed by atoms with Gasteiger partial charge in [-0.25, -0.2) is 9.97 Å². The minimum atomic E-state index is -0.996. The van der Waals surface area contributed by atoms with E-state index in [4.69, 9.17) is 5.11 Å². The highest BCUT2D eigenvalue weighted by Gasteiger charge is 2.31. The highest BCUT2D eigenvalue weighted by molar-refractivity contribution is 5.74. The highest BCUT2D eigenvalue weighted by atomic mass is 16.4. The normalized spacial score (nSPS) is 16.9. The van der Waals surface area contributed by atoms with Crippen molar-refractivity contribution in [2.45, 2.75) is 25.6 Å². The molecular weight excluding hydrogens is 324 g/mol. The van der Waals surface area contributed by atoms with Crippen LogP contribution in [0.15, 0.2) is 36.7 Å². The molecular formula is C17H18N4O4. The Hall–Kier alpha value is -3.00. The van der Waals surface area contributed by atoms with Crippen molar-refractivity contribution in [1.82, 2.24) is 14.9 Å². The van der Waals surface area contributed by atoms with Gasteiger partial charge < -0.3 is 15.5 Å². The Morgan fingerprint density at radius 3 is 2.48 bits per heavy atom. The van der Waals surface area contributed by atoms with Crippen molar-refractivity contribution in [3.8, 4) is 0 Å². The van der Waals surface area contributed by atoms with E-state index in [1.165, 1.54) is 0 Å². The van der Waals surface area contributed by atoms with E-state index in [1.54, 1.807) is 12.4 Å². The van der Waals surface area contributed by atoms with Crippen molar-refractivity contribution in [3.05, 3.63) is 53.3 Å². The lowest BCUT2D eigenvalue weighted by Gasteiger charge is -2.34. The fraction of sp³-hybridized carbons (Fsp3) is 0.294. The van der Waals surface area contributed by atoms with Crippen molar-refractivity contribution >= 4 is 17.9 Å². The van der Waals surface area contributed by atoms with Gasteiger partial charge in [-0.1, -0.05) is 24.3 Å². The molecule has 0 saturated carbocycles.